The Morgan fingerprint density at radius 1 is 0.769 bits per heavy atom. The zero-order valence-corrected chi connectivity index (χ0v) is 14.3. The van der Waals surface area contributed by atoms with Gasteiger partial charge in [0.1, 0.15) is 5.52 Å². The predicted octanol–water partition coefficient (Wildman–Crippen LogP) is 3.92. The number of para-hydroxylation sites is 1. The number of aromatic nitrogens is 3. The van der Waals surface area contributed by atoms with Gasteiger partial charge in [-0.05, 0) is 23.3 Å². The Bertz CT molecular complexity index is 967. The van der Waals surface area contributed by atoms with Crippen LogP contribution in [0.15, 0.2) is 84.9 Å². The average molecular weight is 341 g/mol. The second-order valence-electron chi connectivity index (χ2n) is 6.14. The quantitative estimate of drug-likeness (QED) is 0.452. The molecule has 0 amide bonds. The number of hydrogen-bond donors (Lipinski definition) is 1. The van der Waals surface area contributed by atoms with Gasteiger partial charge in [-0.15, -0.1) is 5.10 Å². The predicted molar refractivity (Wildman–Crippen MR) is 103 cm³/mol. The van der Waals surface area contributed by atoms with Crippen LogP contribution in [-0.2, 0) is 13.1 Å². The van der Waals surface area contributed by atoms with Gasteiger partial charge in [0.05, 0.1) is 5.52 Å². The van der Waals surface area contributed by atoms with Crippen LogP contribution in [0.1, 0.15) is 11.1 Å². The number of rotatable bonds is 4. The maximum absolute atomic E-state index is 8.77. The van der Waals surface area contributed by atoms with Crippen LogP contribution in [0.2, 0.25) is 0 Å². The molecule has 5 nitrogen and oxygen atoms in total. The largest absolute Gasteiger partial charge is 0.333 e. The summed E-state index contributed by atoms with van der Waals surface area (Å²) < 4.78 is 1.60. The third-order valence-electron chi connectivity index (χ3n) is 4.28. The van der Waals surface area contributed by atoms with E-state index in [4.69, 9.17) is 5.41 Å². The van der Waals surface area contributed by atoms with Gasteiger partial charge < -0.3 is 4.90 Å². The maximum atomic E-state index is 8.77. The summed E-state index contributed by atoms with van der Waals surface area (Å²) in [6.45, 7) is 1.26. The molecular weight excluding hydrogens is 322 g/mol. The summed E-state index contributed by atoms with van der Waals surface area (Å²) in [5.41, 5.74) is 3.93. The highest BCUT2D eigenvalue weighted by Gasteiger charge is 2.16. The summed E-state index contributed by atoms with van der Waals surface area (Å²) in [5.74, 6) is 0.311. The lowest BCUT2D eigenvalue weighted by atomic mass is 10.2. The van der Waals surface area contributed by atoms with E-state index in [1.165, 1.54) is 0 Å². The first kappa shape index (κ1) is 16.0. The molecule has 1 aromatic heterocycles. The molecule has 26 heavy (non-hydrogen) atoms. The van der Waals surface area contributed by atoms with Crippen LogP contribution in [0, 0.1) is 5.41 Å². The van der Waals surface area contributed by atoms with Crippen molar-refractivity contribution in [1.82, 2.24) is 19.9 Å². The molecule has 0 bridgehead atoms. The van der Waals surface area contributed by atoms with E-state index in [1.54, 1.807) is 4.68 Å². The fraction of sp³-hybridized carbons (Fsp3) is 0.0952. The average Bonchev–Trinajstić information content (AvgIpc) is 3.13. The van der Waals surface area contributed by atoms with E-state index in [-0.39, 0.29) is 0 Å². The summed E-state index contributed by atoms with van der Waals surface area (Å²) in [6.07, 6.45) is 0. The van der Waals surface area contributed by atoms with Crippen molar-refractivity contribution >= 4 is 17.0 Å². The van der Waals surface area contributed by atoms with Gasteiger partial charge in [0.2, 0.25) is 5.96 Å². The van der Waals surface area contributed by atoms with E-state index in [2.05, 4.69) is 34.6 Å². The normalized spacial score (nSPS) is 10.8. The lowest BCUT2D eigenvalue weighted by Gasteiger charge is -2.25. The Hall–Kier alpha value is -3.47. The highest BCUT2D eigenvalue weighted by Crippen LogP contribution is 2.15. The third-order valence-corrected chi connectivity index (χ3v) is 4.28. The third kappa shape index (κ3) is 3.32. The second kappa shape index (κ2) is 7.19. The molecule has 0 unspecified atom stereocenters. The molecule has 0 aliphatic rings. The molecular formula is C21H19N5. The Balaban J connectivity index is 1.68. The van der Waals surface area contributed by atoms with E-state index in [1.807, 2.05) is 65.6 Å². The molecule has 0 spiro atoms. The van der Waals surface area contributed by atoms with E-state index in [0.717, 1.165) is 22.2 Å². The molecule has 1 heterocycles. The van der Waals surface area contributed by atoms with E-state index < -0.39 is 0 Å². The Morgan fingerprint density at radius 2 is 1.31 bits per heavy atom. The van der Waals surface area contributed by atoms with Gasteiger partial charge in [0.15, 0.2) is 0 Å². The number of nitrogens with zero attached hydrogens (tertiary/aromatic N) is 4. The van der Waals surface area contributed by atoms with E-state index in [9.17, 15) is 0 Å². The van der Waals surface area contributed by atoms with Crippen molar-refractivity contribution < 1.29 is 0 Å². The van der Waals surface area contributed by atoms with Crippen LogP contribution in [-0.4, -0.2) is 25.9 Å². The highest BCUT2D eigenvalue weighted by atomic mass is 15.5. The fourth-order valence-corrected chi connectivity index (χ4v) is 2.97. The fourth-order valence-electron chi connectivity index (χ4n) is 2.97. The topological polar surface area (TPSA) is 57.8 Å². The van der Waals surface area contributed by atoms with Gasteiger partial charge >= 0.3 is 0 Å². The lowest BCUT2D eigenvalue weighted by Crippen LogP contribution is -2.35. The SMILES string of the molecule is N=C(N(Cc1ccccc1)Cc1ccccc1)n1nnc2ccccc21. The van der Waals surface area contributed by atoms with Gasteiger partial charge in [-0.1, -0.05) is 78.0 Å². The minimum atomic E-state index is 0.311. The van der Waals surface area contributed by atoms with Gasteiger partial charge in [0.25, 0.3) is 0 Å². The molecule has 0 atom stereocenters. The summed E-state index contributed by atoms with van der Waals surface area (Å²) in [4.78, 5) is 2.01. The van der Waals surface area contributed by atoms with Gasteiger partial charge in [-0.2, -0.15) is 4.68 Å². The zero-order chi connectivity index (χ0) is 17.8. The van der Waals surface area contributed by atoms with Crippen LogP contribution in [0.4, 0.5) is 0 Å². The van der Waals surface area contributed by atoms with Gasteiger partial charge in [-0.3, -0.25) is 5.41 Å². The first-order valence-corrected chi connectivity index (χ1v) is 8.53. The number of fused-ring (bicyclic) bond motifs is 1. The van der Waals surface area contributed by atoms with Crippen molar-refractivity contribution in [3.8, 4) is 0 Å². The number of nitrogens with one attached hydrogen (secondary N) is 1. The van der Waals surface area contributed by atoms with Crippen molar-refractivity contribution in [3.05, 3.63) is 96.1 Å². The molecule has 0 radical (unpaired) electrons. The summed E-state index contributed by atoms with van der Waals surface area (Å²) in [5, 5.41) is 17.2. The number of hydrogen-bond acceptors (Lipinski definition) is 3. The Labute approximate surface area is 152 Å². The van der Waals surface area contributed by atoms with Gasteiger partial charge in [0, 0.05) is 13.1 Å². The van der Waals surface area contributed by atoms with Crippen molar-refractivity contribution in [2.75, 3.05) is 0 Å². The van der Waals surface area contributed by atoms with Crippen molar-refractivity contribution in [3.63, 3.8) is 0 Å². The van der Waals surface area contributed by atoms with Crippen LogP contribution >= 0.6 is 0 Å². The lowest BCUT2D eigenvalue weighted by molar-refractivity contribution is 0.386. The molecule has 5 heteroatoms. The minimum Gasteiger partial charge on any atom is -0.333 e. The van der Waals surface area contributed by atoms with Crippen molar-refractivity contribution in [1.29, 1.82) is 5.41 Å². The molecule has 4 rings (SSSR count). The van der Waals surface area contributed by atoms with Crippen LogP contribution in [0.3, 0.4) is 0 Å². The maximum Gasteiger partial charge on any atom is 0.221 e. The van der Waals surface area contributed by atoms with Crippen LogP contribution in [0.25, 0.3) is 11.0 Å². The highest BCUT2D eigenvalue weighted by molar-refractivity contribution is 5.88. The number of benzene rings is 3. The molecule has 3 aromatic carbocycles. The van der Waals surface area contributed by atoms with Crippen molar-refractivity contribution in [2.24, 2.45) is 0 Å². The second-order valence-corrected chi connectivity index (χ2v) is 6.14. The van der Waals surface area contributed by atoms with Crippen molar-refractivity contribution in [2.45, 2.75) is 13.1 Å². The molecule has 0 aliphatic carbocycles. The zero-order valence-electron chi connectivity index (χ0n) is 14.3. The Kier molecular flexibility index (Phi) is 4.43. The smallest absolute Gasteiger partial charge is 0.221 e. The minimum absolute atomic E-state index is 0.311. The summed E-state index contributed by atoms with van der Waals surface area (Å²) >= 11 is 0. The summed E-state index contributed by atoms with van der Waals surface area (Å²) in [6, 6.07) is 28.1. The molecule has 0 saturated heterocycles. The molecule has 1 N–H and O–H groups in total. The molecule has 0 saturated carbocycles. The van der Waals surface area contributed by atoms with E-state index >= 15 is 0 Å². The monoisotopic (exact) mass is 341 g/mol. The van der Waals surface area contributed by atoms with Crippen LogP contribution < -0.4 is 0 Å². The van der Waals surface area contributed by atoms with E-state index in [0.29, 0.717) is 19.0 Å². The molecule has 0 aliphatic heterocycles. The molecule has 4 aromatic rings. The Morgan fingerprint density at radius 3 is 1.92 bits per heavy atom. The molecule has 128 valence electrons. The summed E-state index contributed by atoms with van der Waals surface area (Å²) in [7, 11) is 0. The molecule has 0 fully saturated rings. The first-order chi connectivity index (χ1) is 12.8. The van der Waals surface area contributed by atoms with Gasteiger partial charge in [-0.25, -0.2) is 0 Å². The standard InChI is InChI=1S/C21H19N5/c22-21(26-20-14-8-7-13-19(20)23-24-26)25(15-17-9-3-1-4-10-17)16-18-11-5-2-6-12-18/h1-14,22H,15-16H2. The van der Waals surface area contributed by atoms with Crippen LogP contribution in [0.5, 0.6) is 0 Å². The first-order valence-electron chi connectivity index (χ1n) is 8.53.